The Morgan fingerprint density at radius 1 is 1.46 bits per heavy atom. The van der Waals surface area contributed by atoms with Crippen molar-refractivity contribution in [2.45, 2.75) is 38.3 Å². The molecule has 0 saturated carbocycles. The molecule has 2 unspecified atom stereocenters. The van der Waals surface area contributed by atoms with Crippen LogP contribution in [0.25, 0.3) is 0 Å². The molecule has 6 heteroatoms. The zero-order chi connectivity index (χ0) is 17.7. The van der Waals surface area contributed by atoms with Gasteiger partial charge in [0.2, 0.25) is 0 Å². The molecule has 0 aromatic heterocycles. The summed E-state index contributed by atoms with van der Waals surface area (Å²) in [5.74, 6) is 0.856. The Morgan fingerprint density at radius 2 is 2.21 bits per heavy atom. The van der Waals surface area contributed by atoms with Gasteiger partial charge in [-0.1, -0.05) is 12.1 Å². The Hall–Kier alpha value is -1.79. The van der Waals surface area contributed by atoms with E-state index in [0.717, 1.165) is 23.3 Å². The van der Waals surface area contributed by atoms with Crippen LogP contribution < -0.4 is 10.1 Å². The molecule has 24 heavy (non-hydrogen) atoms. The zero-order valence-electron chi connectivity index (χ0n) is 15.0. The van der Waals surface area contributed by atoms with Gasteiger partial charge in [0.1, 0.15) is 5.75 Å². The molecule has 1 aliphatic heterocycles. The third-order valence-electron chi connectivity index (χ3n) is 4.79. The van der Waals surface area contributed by atoms with Gasteiger partial charge in [0.05, 0.1) is 25.4 Å². The Kier molecular flexibility index (Phi) is 6.07. The van der Waals surface area contributed by atoms with Gasteiger partial charge in [-0.3, -0.25) is 0 Å². The number of carbonyl (C=O) groups is 1. The molecule has 0 aliphatic carbocycles. The minimum atomic E-state index is -0.572. The van der Waals surface area contributed by atoms with Gasteiger partial charge in [0.15, 0.2) is 0 Å². The van der Waals surface area contributed by atoms with E-state index in [1.807, 2.05) is 32.0 Å². The number of aliphatic hydroxyl groups excluding tert-OH is 1. The van der Waals surface area contributed by atoms with Crippen LogP contribution in [-0.4, -0.2) is 61.6 Å². The van der Waals surface area contributed by atoms with Crippen LogP contribution in [0, 0.1) is 6.92 Å². The van der Waals surface area contributed by atoms with Crippen LogP contribution in [0.4, 0.5) is 4.79 Å². The quantitative estimate of drug-likeness (QED) is 0.830. The number of amides is 2. The second-order valence-corrected chi connectivity index (χ2v) is 6.61. The zero-order valence-corrected chi connectivity index (χ0v) is 15.0. The highest BCUT2D eigenvalue weighted by Crippen LogP contribution is 2.30. The second kappa shape index (κ2) is 7.85. The number of ether oxygens (including phenoxy) is 2. The van der Waals surface area contributed by atoms with E-state index in [-0.39, 0.29) is 18.7 Å². The van der Waals surface area contributed by atoms with Crippen molar-refractivity contribution in [3.63, 3.8) is 0 Å². The smallest absolute Gasteiger partial charge is 0.318 e. The molecule has 134 valence electrons. The third-order valence-corrected chi connectivity index (χ3v) is 4.79. The van der Waals surface area contributed by atoms with Crippen molar-refractivity contribution in [1.82, 2.24) is 10.2 Å². The maximum Gasteiger partial charge on any atom is 0.318 e. The fourth-order valence-electron chi connectivity index (χ4n) is 3.15. The lowest BCUT2D eigenvalue weighted by Gasteiger charge is -2.33. The summed E-state index contributed by atoms with van der Waals surface area (Å²) in [6, 6.07) is 5.89. The number of rotatable bonds is 6. The van der Waals surface area contributed by atoms with Gasteiger partial charge in [-0.05, 0) is 37.5 Å². The molecule has 1 aromatic carbocycles. The number of nitrogens with zero attached hydrogens (tertiary/aromatic N) is 1. The van der Waals surface area contributed by atoms with E-state index < -0.39 is 5.54 Å². The average molecular weight is 336 g/mol. The number of aliphatic hydroxyl groups is 1. The van der Waals surface area contributed by atoms with E-state index in [1.165, 1.54) is 0 Å². The van der Waals surface area contributed by atoms with Gasteiger partial charge in [0.25, 0.3) is 0 Å². The predicted octanol–water partition coefficient (Wildman–Crippen LogP) is 1.73. The molecule has 0 radical (unpaired) electrons. The summed E-state index contributed by atoms with van der Waals surface area (Å²) >= 11 is 0. The van der Waals surface area contributed by atoms with Crippen molar-refractivity contribution in [3.8, 4) is 5.75 Å². The number of nitrogens with one attached hydrogen (secondary N) is 1. The van der Waals surface area contributed by atoms with E-state index in [9.17, 15) is 9.90 Å². The predicted molar refractivity (Wildman–Crippen MR) is 92.4 cm³/mol. The first kappa shape index (κ1) is 18.5. The highest BCUT2D eigenvalue weighted by molar-refractivity contribution is 5.75. The standard InChI is InChI=1S/C18H28N2O4/c1-13-5-6-14(9-16(13)24-4)7-8-19-17(22)20-11-15(23-3)10-18(20,2)12-21/h5-6,9,15,21H,7-8,10-12H2,1-4H3,(H,19,22). The molecule has 2 amide bonds. The van der Waals surface area contributed by atoms with E-state index in [1.54, 1.807) is 19.1 Å². The first-order valence-corrected chi connectivity index (χ1v) is 8.26. The minimum absolute atomic E-state index is 0.0331. The number of hydrogen-bond acceptors (Lipinski definition) is 4. The van der Waals surface area contributed by atoms with Crippen molar-refractivity contribution < 1.29 is 19.4 Å². The lowest BCUT2D eigenvalue weighted by atomic mass is 10.00. The number of aryl methyl sites for hydroxylation is 1. The topological polar surface area (TPSA) is 71.0 Å². The molecule has 2 N–H and O–H groups in total. The molecule has 6 nitrogen and oxygen atoms in total. The molecule has 1 heterocycles. The lowest BCUT2D eigenvalue weighted by molar-refractivity contribution is 0.0951. The molecule has 1 saturated heterocycles. The summed E-state index contributed by atoms with van der Waals surface area (Å²) < 4.78 is 10.7. The number of hydrogen-bond donors (Lipinski definition) is 2. The number of benzene rings is 1. The summed E-state index contributed by atoms with van der Waals surface area (Å²) in [6.45, 7) is 4.84. The Labute approximate surface area is 143 Å². The van der Waals surface area contributed by atoms with Crippen molar-refractivity contribution in [2.75, 3.05) is 33.9 Å². The average Bonchev–Trinajstić information content (AvgIpc) is 2.94. The van der Waals surface area contributed by atoms with Gasteiger partial charge in [0, 0.05) is 26.6 Å². The van der Waals surface area contributed by atoms with Gasteiger partial charge in [-0.15, -0.1) is 0 Å². The van der Waals surface area contributed by atoms with Crippen LogP contribution >= 0.6 is 0 Å². The molecule has 2 atom stereocenters. The molecule has 1 aliphatic rings. The first-order valence-electron chi connectivity index (χ1n) is 8.26. The fourth-order valence-corrected chi connectivity index (χ4v) is 3.15. The summed E-state index contributed by atoms with van der Waals surface area (Å²) in [5, 5.41) is 12.6. The maximum absolute atomic E-state index is 12.5. The highest BCUT2D eigenvalue weighted by Gasteiger charge is 2.44. The van der Waals surface area contributed by atoms with Gasteiger partial charge >= 0.3 is 6.03 Å². The van der Waals surface area contributed by atoms with E-state index in [2.05, 4.69) is 5.32 Å². The Morgan fingerprint density at radius 3 is 2.83 bits per heavy atom. The maximum atomic E-state index is 12.5. The molecule has 2 rings (SSSR count). The molecular formula is C18H28N2O4. The first-order chi connectivity index (χ1) is 11.4. The van der Waals surface area contributed by atoms with Crippen LogP contribution in [0.15, 0.2) is 18.2 Å². The van der Waals surface area contributed by atoms with Crippen LogP contribution in [-0.2, 0) is 11.2 Å². The SMILES string of the molecule is COc1cc(CCNC(=O)N2CC(OC)CC2(C)CO)ccc1C. The molecule has 0 bridgehead atoms. The summed E-state index contributed by atoms with van der Waals surface area (Å²) in [4.78, 5) is 14.1. The molecule has 0 spiro atoms. The van der Waals surface area contributed by atoms with Crippen LogP contribution in [0.2, 0.25) is 0 Å². The van der Waals surface area contributed by atoms with E-state index in [4.69, 9.17) is 9.47 Å². The van der Waals surface area contributed by atoms with Crippen molar-refractivity contribution in [3.05, 3.63) is 29.3 Å². The highest BCUT2D eigenvalue weighted by atomic mass is 16.5. The summed E-state index contributed by atoms with van der Waals surface area (Å²) in [5.41, 5.74) is 1.63. The largest absolute Gasteiger partial charge is 0.496 e. The van der Waals surface area contributed by atoms with Crippen molar-refractivity contribution >= 4 is 6.03 Å². The third kappa shape index (κ3) is 3.99. The van der Waals surface area contributed by atoms with Crippen LogP contribution in [0.1, 0.15) is 24.5 Å². The fraction of sp³-hybridized carbons (Fsp3) is 0.611. The molecular weight excluding hydrogens is 308 g/mol. The molecule has 1 fully saturated rings. The van der Waals surface area contributed by atoms with Gasteiger partial charge in [-0.2, -0.15) is 0 Å². The van der Waals surface area contributed by atoms with Gasteiger partial charge < -0.3 is 24.8 Å². The van der Waals surface area contributed by atoms with Crippen molar-refractivity contribution in [2.24, 2.45) is 0 Å². The number of likely N-dealkylation sites (tertiary alicyclic amines) is 1. The van der Waals surface area contributed by atoms with Gasteiger partial charge in [-0.25, -0.2) is 4.79 Å². The van der Waals surface area contributed by atoms with Crippen LogP contribution in [0.3, 0.4) is 0 Å². The number of urea groups is 1. The summed E-state index contributed by atoms with van der Waals surface area (Å²) in [6.07, 6.45) is 1.33. The molecule has 1 aromatic rings. The number of carbonyl (C=O) groups excluding carboxylic acids is 1. The van der Waals surface area contributed by atoms with E-state index in [0.29, 0.717) is 19.5 Å². The Bertz CT molecular complexity index is 578. The number of methoxy groups -OCH3 is 2. The minimum Gasteiger partial charge on any atom is -0.496 e. The van der Waals surface area contributed by atoms with Crippen molar-refractivity contribution in [1.29, 1.82) is 0 Å². The monoisotopic (exact) mass is 336 g/mol. The normalized spacial score (nSPS) is 23.4. The lowest BCUT2D eigenvalue weighted by Crippen LogP contribution is -2.52. The summed E-state index contributed by atoms with van der Waals surface area (Å²) in [7, 11) is 3.29. The van der Waals surface area contributed by atoms with Crippen LogP contribution in [0.5, 0.6) is 5.75 Å². The Balaban J connectivity index is 1.91. The van der Waals surface area contributed by atoms with E-state index >= 15 is 0 Å². The second-order valence-electron chi connectivity index (χ2n) is 6.61.